The molecule has 0 radical (unpaired) electrons. The normalized spacial score (nSPS) is 13.3. The predicted molar refractivity (Wildman–Crippen MR) is 71.0 cm³/mol. The van der Waals surface area contributed by atoms with Crippen LogP contribution in [0.1, 0.15) is 25.0 Å². The Morgan fingerprint density at radius 3 is 2.50 bits per heavy atom. The number of halogens is 3. The SMILES string of the molecule is CC(C)NC(=O)C(CN)Cc1cccc(C(F)(F)F)c1. The Balaban J connectivity index is 2.83. The highest BCUT2D eigenvalue weighted by Crippen LogP contribution is 2.29. The lowest BCUT2D eigenvalue weighted by molar-refractivity contribution is -0.137. The van der Waals surface area contributed by atoms with Gasteiger partial charge in [-0.15, -0.1) is 0 Å². The molecule has 0 heterocycles. The lowest BCUT2D eigenvalue weighted by Gasteiger charge is -2.17. The van der Waals surface area contributed by atoms with E-state index in [1.54, 1.807) is 6.07 Å². The monoisotopic (exact) mass is 288 g/mol. The van der Waals surface area contributed by atoms with Crippen molar-refractivity contribution in [1.82, 2.24) is 5.32 Å². The Hall–Kier alpha value is -1.56. The third-order valence-electron chi connectivity index (χ3n) is 2.82. The molecule has 0 bridgehead atoms. The summed E-state index contributed by atoms with van der Waals surface area (Å²) < 4.78 is 37.8. The molecule has 1 aromatic carbocycles. The van der Waals surface area contributed by atoms with E-state index in [1.165, 1.54) is 6.07 Å². The summed E-state index contributed by atoms with van der Waals surface area (Å²) in [6, 6.07) is 4.95. The van der Waals surface area contributed by atoms with Gasteiger partial charge < -0.3 is 11.1 Å². The number of nitrogens with one attached hydrogen (secondary N) is 1. The standard InChI is InChI=1S/C14H19F3N2O/c1-9(2)19-13(20)11(8-18)6-10-4-3-5-12(7-10)14(15,16)17/h3-5,7,9,11H,6,8,18H2,1-2H3,(H,19,20). The van der Waals surface area contributed by atoms with Crippen LogP contribution in [0, 0.1) is 5.92 Å². The van der Waals surface area contributed by atoms with Crippen molar-refractivity contribution in [2.24, 2.45) is 11.7 Å². The van der Waals surface area contributed by atoms with Crippen LogP contribution in [-0.2, 0) is 17.4 Å². The summed E-state index contributed by atoms with van der Waals surface area (Å²) in [4.78, 5) is 11.9. The topological polar surface area (TPSA) is 55.1 Å². The van der Waals surface area contributed by atoms with Crippen LogP contribution < -0.4 is 11.1 Å². The van der Waals surface area contributed by atoms with Gasteiger partial charge in [0.05, 0.1) is 11.5 Å². The van der Waals surface area contributed by atoms with Crippen molar-refractivity contribution < 1.29 is 18.0 Å². The quantitative estimate of drug-likeness (QED) is 0.874. The van der Waals surface area contributed by atoms with E-state index in [4.69, 9.17) is 5.73 Å². The second-order valence-electron chi connectivity index (χ2n) is 5.00. The first kappa shape index (κ1) is 16.5. The first-order valence-corrected chi connectivity index (χ1v) is 6.40. The van der Waals surface area contributed by atoms with Gasteiger partial charge in [-0.25, -0.2) is 0 Å². The van der Waals surface area contributed by atoms with Crippen molar-refractivity contribution in [2.75, 3.05) is 6.54 Å². The van der Waals surface area contributed by atoms with Crippen molar-refractivity contribution in [3.63, 3.8) is 0 Å². The van der Waals surface area contributed by atoms with Crippen molar-refractivity contribution in [2.45, 2.75) is 32.5 Å². The second kappa shape index (κ2) is 6.74. The van der Waals surface area contributed by atoms with Crippen LogP contribution in [0.15, 0.2) is 24.3 Å². The molecular weight excluding hydrogens is 269 g/mol. The average molecular weight is 288 g/mol. The van der Waals surface area contributed by atoms with Gasteiger partial charge in [0.25, 0.3) is 0 Å². The van der Waals surface area contributed by atoms with Gasteiger partial charge in [-0.2, -0.15) is 13.2 Å². The Bertz CT molecular complexity index is 458. The van der Waals surface area contributed by atoms with E-state index >= 15 is 0 Å². The zero-order valence-electron chi connectivity index (χ0n) is 11.5. The number of benzene rings is 1. The van der Waals surface area contributed by atoms with Crippen molar-refractivity contribution in [3.05, 3.63) is 35.4 Å². The van der Waals surface area contributed by atoms with E-state index in [-0.39, 0.29) is 24.9 Å². The van der Waals surface area contributed by atoms with Crippen LogP contribution in [-0.4, -0.2) is 18.5 Å². The molecule has 1 unspecified atom stereocenters. The van der Waals surface area contributed by atoms with E-state index < -0.39 is 17.7 Å². The molecule has 0 aliphatic rings. The fourth-order valence-electron chi connectivity index (χ4n) is 1.84. The highest BCUT2D eigenvalue weighted by molar-refractivity contribution is 5.79. The van der Waals surface area contributed by atoms with Gasteiger partial charge in [0.2, 0.25) is 5.91 Å². The summed E-state index contributed by atoms with van der Waals surface area (Å²) in [6.07, 6.45) is -4.19. The van der Waals surface area contributed by atoms with Crippen LogP contribution in [0.2, 0.25) is 0 Å². The Labute approximate surface area is 116 Å². The number of rotatable bonds is 5. The van der Waals surface area contributed by atoms with Crippen molar-refractivity contribution in [3.8, 4) is 0 Å². The van der Waals surface area contributed by atoms with E-state index in [9.17, 15) is 18.0 Å². The van der Waals surface area contributed by atoms with Crippen molar-refractivity contribution >= 4 is 5.91 Å². The molecule has 3 N–H and O–H groups in total. The highest BCUT2D eigenvalue weighted by Gasteiger charge is 2.30. The lowest BCUT2D eigenvalue weighted by atomic mass is 9.97. The molecule has 1 atom stereocenters. The molecule has 0 fully saturated rings. The second-order valence-corrected chi connectivity index (χ2v) is 5.00. The van der Waals surface area contributed by atoms with Gasteiger partial charge in [0, 0.05) is 12.6 Å². The molecule has 0 spiro atoms. The maximum Gasteiger partial charge on any atom is 0.416 e. The zero-order chi connectivity index (χ0) is 15.3. The van der Waals surface area contributed by atoms with Gasteiger partial charge in [-0.3, -0.25) is 4.79 Å². The third kappa shape index (κ3) is 4.85. The Morgan fingerprint density at radius 1 is 1.35 bits per heavy atom. The van der Waals surface area contributed by atoms with E-state index in [2.05, 4.69) is 5.32 Å². The smallest absolute Gasteiger partial charge is 0.354 e. The largest absolute Gasteiger partial charge is 0.416 e. The number of nitrogens with two attached hydrogens (primary N) is 1. The minimum atomic E-state index is -4.38. The number of carbonyl (C=O) groups is 1. The fraction of sp³-hybridized carbons (Fsp3) is 0.500. The molecule has 0 aliphatic carbocycles. The molecule has 1 amide bonds. The number of alkyl halides is 3. The van der Waals surface area contributed by atoms with Crippen molar-refractivity contribution in [1.29, 1.82) is 0 Å². The third-order valence-corrected chi connectivity index (χ3v) is 2.82. The van der Waals surface area contributed by atoms with Gasteiger partial charge in [0.1, 0.15) is 0 Å². The molecule has 0 saturated heterocycles. The summed E-state index contributed by atoms with van der Waals surface area (Å²) in [5, 5.41) is 2.72. The Morgan fingerprint density at radius 2 is 2.00 bits per heavy atom. The van der Waals surface area contributed by atoms with Gasteiger partial charge in [-0.05, 0) is 31.9 Å². The summed E-state index contributed by atoms with van der Waals surface area (Å²) in [6.45, 7) is 3.72. The molecule has 0 aromatic heterocycles. The zero-order valence-corrected chi connectivity index (χ0v) is 11.5. The fourth-order valence-corrected chi connectivity index (χ4v) is 1.84. The summed E-state index contributed by atoms with van der Waals surface area (Å²) in [5.74, 6) is -0.763. The summed E-state index contributed by atoms with van der Waals surface area (Å²) >= 11 is 0. The number of carbonyl (C=O) groups excluding carboxylic acids is 1. The highest BCUT2D eigenvalue weighted by atomic mass is 19.4. The molecular formula is C14H19F3N2O. The molecule has 0 saturated carbocycles. The summed E-state index contributed by atoms with van der Waals surface area (Å²) in [7, 11) is 0. The molecule has 3 nitrogen and oxygen atoms in total. The number of hydrogen-bond acceptors (Lipinski definition) is 2. The van der Waals surface area contributed by atoms with Gasteiger partial charge in [-0.1, -0.05) is 18.2 Å². The number of amides is 1. The minimum Gasteiger partial charge on any atom is -0.354 e. The molecule has 1 rings (SSSR count). The van der Waals surface area contributed by atoms with E-state index in [0.717, 1.165) is 12.1 Å². The summed E-state index contributed by atoms with van der Waals surface area (Å²) in [5.41, 5.74) is 5.28. The Kier molecular flexibility index (Phi) is 5.56. The molecule has 20 heavy (non-hydrogen) atoms. The molecule has 112 valence electrons. The van der Waals surface area contributed by atoms with Crippen LogP contribution in [0.5, 0.6) is 0 Å². The average Bonchev–Trinajstić information content (AvgIpc) is 2.34. The molecule has 1 aromatic rings. The van der Waals surface area contributed by atoms with E-state index in [1.807, 2.05) is 13.8 Å². The van der Waals surface area contributed by atoms with Crippen LogP contribution in [0.4, 0.5) is 13.2 Å². The minimum absolute atomic E-state index is 0.0296. The van der Waals surface area contributed by atoms with Crippen LogP contribution in [0.25, 0.3) is 0 Å². The lowest BCUT2D eigenvalue weighted by Crippen LogP contribution is -2.39. The predicted octanol–water partition coefficient (Wildman–Crippen LogP) is 2.35. The maximum absolute atomic E-state index is 12.6. The van der Waals surface area contributed by atoms with Crippen LogP contribution >= 0.6 is 0 Å². The first-order chi connectivity index (χ1) is 9.24. The molecule has 6 heteroatoms. The number of hydrogen-bond donors (Lipinski definition) is 2. The van der Waals surface area contributed by atoms with Crippen LogP contribution in [0.3, 0.4) is 0 Å². The van der Waals surface area contributed by atoms with Gasteiger partial charge >= 0.3 is 6.18 Å². The van der Waals surface area contributed by atoms with E-state index in [0.29, 0.717) is 5.56 Å². The molecule has 0 aliphatic heterocycles. The van der Waals surface area contributed by atoms with Gasteiger partial charge in [0.15, 0.2) is 0 Å². The maximum atomic E-state index is 12.6. The first-order valence-electron chi connectivity index (χ1n) is 6.40.